The van der Waals surface area contributed by atoms with Crippen molar-refractivity contribution in [2.24, 2.45) is 16.8 Å². The van der Waals surface area contributed by atoms with Crippen LogP contribution in [-0.2, 0) is 0 Å². The Bertz CT molecular complexity index is 259. The van der Waals surface area contributed by atoms with Crippen molar-refractivity contribution in [3.8, 4) is 0 Å². The molecule has 0 spiro atoms. The summed E-state index contributed by atoms with van der Waals surface area (Å²) in [5, 5.41) is 3.47. The number of aliphatic imine (C=N–C) groups is 1. The predicted octanol–water partition coefficient (Wildman–Crippen LogP) is 1.31. The van der Waals surface area contributed by atoms with Crippen LogP contribution < -0.4 is 16.6 Å². The van der Waals surface area contributed by atoms with Crippen LogP contribution in [0.2, 0.25) is 0 Å². The smallest absolute Gasteiger partial charge is 0.206 e. The fourth-order valence-corrected chi connectivity index (χ4v) is 2.71. The van der Waals surface area contributed by atoms with Crippen LogP contribution in [0.4, 0.5) is 0 Å². The van der Waals surface area contributed by atoms with E-state index in [0.29, 0.717) is 18.0 Å². The van der Waals surface area contributed by atoms with Gasteiger partial charge in [0.15, 0.2) is 0 Å². The molecule has 19 heavy (non-hydrogen) atoms. The second-order valence-corrected chi connectivity index (χ2v) is 6.29. The van der Waals surface area contributed by atoms with E-state index in [0.717, 1.165) is 18.9 Å². The lowest BCUT2D eigenvalue weighted by molar-refractivity contribution is 0.326. The molecular weight excluding hydrogens is 238 g/mol. The number of nitrogens with two attached hydrogens (primary N) is 1. The molecule has 0 aromatic heterocycles. The largest absolute Gasteiger partial charge is 0.351 e. The normalized spacial score (nSPS) is 19.2. The second-order valence-electron chi connectivity index (χ2n) is 6.29. The molecule has 0 bridgehead atoms. The number of hydrazine groups is 1. The maximum atomic E-state index is 5.60. The Labute approximate surface area is 118 Å². The molecule has 112 valence electrons. The fraction of sp³-hybridized carbons (Fsp3) is 0.929. The van der Waals surface area contributed by atoms with E-state index in [4.69, 9.17) is 10.8 Å². The molecule has 5 heteroatoms. The van der Waals surface area contributed by atoms with Crippen LogP contribution in [0.15, 0.2) is 4.99 Å². The van der Waals surface area contributed by atoms with Gasteiger partial charge in [-0.1, -0.05) is 26.7 Å². The Balaban J connectivity index is 2.57. The van der Waals surface area contributed by atoms with Crippen molar-refractivity contribution in [1.29, 1.82) is 0 Å². The lowest BCUT2D eigenvalue weighted by atomic mass is 10.0. The molecule has 1 saturated carbocycles. The molecule has 0 amide bonds. The first kappa shape index (κ1) is 16.2. The number of hydrogen-bond donors (Lipinski definition) is 3. The second kappa shape index (κ2) is 8.38. The Morgan fingerprint density at radius 1 is 1.32 bits per heavy atom. The third-order valence-corrected chi connectivity index (χ3v) is 3.46. The zero-order chi connectivity index (χ0) is 14.3. The summed E-state index contributed by atoms with van der Waals surface area (Å²) in [7, 11) is 4.19. The minimum Gasteiger partial charge on any atom is -0.351 e. The maximum Gasteiger partial charge on any atom is 0.206 e. The topological polar surface area (TPSA) is 65.7 Å². The van der Waals surface area contributed by atoms with Crippen molar-refractivity contribution in [1.82, 2.24) is 15.6 Å². The van der Waals surface area contributed by atoms with E-state index in [9.17, 15) is 0 Å². The number of hydrogen-bond acceptors (Lipinski definition) is 3. The molecule has 1 unspecified atom stereocenters. The average Bonchev–Trinajstić information content (AvgIpc) is 2.79. The van der Waals surface area contributed by atoms with Crippen molar-refractivity contribution in [2.75, 3.05) is 20.6 Å². The summed E-state index contributed by atoms with van der Waals surface area (Å²) in [6.45, 7) is 5.48. The molecule has 5 nitrogen and oxygen atoms in total. The Morgan fingerprint density at radius 2 is 1.95 bits per heavy atom. The molecule has 0 heterocycles. The van der Waals surface area contributed by atoms with E-state index >= 15 is 0 Å². The first-order chi connectivity index (χ1) is 9.01. The number of rotatable bonds is 6. The van der Waals surface area contributed by atoms with Gasteiger partial charge in [-0.05, 0) is 39.3 Å². The molecule has 1 fully saturated rings. The highest BCUT2D eigenvalue weighted by Crippen LogP contribution is 2.20. The quantitative estimate of drug-likeness (QED) is 0.294. The average molecular weight is 269 g/mol. The van der Waals surface area contributed by atoms with E-state index < -0.39 is 0 Å². The van der Waals surface area contributed by atoms with Gasteiger partial charge in [-0.2, -0.15) is 0 Å². The molecule has 1 rings (SSSR count). The zero-order valence-corrected chi connectivity index (χ0v) is 12.9. The summed E-state index contributed by atoms with van der Waals surface area (Å²) < 4.78 is 0. The van der Waals surface area contributed by atoms with Crippen molar-refractivity contribution >= 4 is 5.96 Å². The minimum absolute atomic E-state index is 0.381. The van der Waals surface area contributed by atoms with Gasteiger partial charge in [-0.15, -0.1) is 0 Å². The molecule has 1 aliphatic carbocycles. The van der Waals surface area contributed by atoms with Gasteiger partial charge in [0, 0.05) is 12.6 Å². The third-order valence-electron chi connectivity index (χ3n) is 3.46. The van der Waals surface area contributed by atoms with Crippen LogP contribution in [0.25, 0.3) is 0 Å². The van der Waals surface area contributed by atoms with Crippen LogP contribution in [-0.4, -0.2) is 43.6 Å². The summed E-state index contributed by atoms with van der Waals surface area (Å²) in [6, 6.07) is 0.823. The molecular formula is C14H31N5. The molecule has 4 N–H and O–H groups in total. The minimum atomic E-state index is 0.381. The SMILES string of the molecule is CC(C)CC(CN(C)C)NC(=NC1CCCC1)NN. The van der Waals surface area contributed by atoms with E-state index in [1.165, 1.54) is 25.7 Å². The van der Waals surface area contributed by atoms with Crippen molar-refractivity contribution in [3.05, 3.63) is 0 Å². The fourth-order valence-electron chi connectivity index (χ4n) is 2.71. The summed E-state index contributed by atoms with van der Waals surface area (Å²) in [4.78, 5) is 6.90. The molecule has 0 aromatic rings. The summed E-state index contributed by atoms with van der Waals surface area (Å²) >= 11 is 0. The number of nitrogens with zero attached hydrogens (tertiary/aromatic N) is 2. The summed E-state index contributed by atoms with van der Waals surface area (Å²) in [6.07, 6.45) is 6.08. The monoisotopic (exact) mass is 269 g/mol. The van der Waals surface area contributed by atoms with Crippen LogP contribution in [0.5, 0.6) is 0 Å². The molecule has 0 aromatic carbocycles. The van der Waals surface area contributed by atoms with E-state index in [1.54, 1.807) is 0 Å². The standard InChI is InChI=1S/C14H31N5/c1-11(2)9-13(10-19(3)4)17-14(18-15)16-12-7-5-6-8-12/h11-13H,5-10,15H2,1-4H3,(H2,16,17,18). The first-order valence-electron chi connectivity index (χ1n) is 7.47. The highest BCUT2D eigenvalue weighted by molar-refractivity contribution is 5.79. The third kappa shape index (κ3) is 6.78. The Hall–Kier alpha value is -0.810. The van der Waals surface area contributed by atoms with E-state index in [-0.39, 0.29) is 0 Å². The molecule has 0 radical (unpaired) electrons. The zero-order valence-electron chi connectivity index (χ0n) is 12.9. The van der Waals surface area contributed by atoms with E-state index in [1.807, 2.05) is 0 Å². The van der Waals surface area contributed by atoms with Gasteiger partial charge in [-0.25, -0.2) is 10.8 Å². The lowest BCUT2D eigenvalue weighted by Crippen LogP contribution is -2.50. The number of likely N-dealkylation sites (N-methyl/N-ethyl adjacent to an activating group) is 1. The van der Waals surface area contributed by atoms with Crippen LogP contribution in [0.1, 0.15) is 46.0 Å². The van der Waals surface area contributed by atoms with Crippen LogP contribution >= 0.6 is 0 Å². The van der Waals surface area contributed by atoms with Crippen LogP contribution in [0.3, 0.4) is 0 Å². The van der Waals surface area contributed by atoms with Gasteiger partial charge >= 0.3 is 0 Å². The van der Waals surface area contributed by atoms with Gasteiger partial charge in [-0.3, -0.25) is 5.43 Å². The Morgan fingerprint density at radius 3 is 2.42 bits per heavy atom. The summed E-state index contributed by atoms with van der Waals surface area (Å²) in [5.41, 5.74) is 2.73. The maximum absolute atomic E-state index is 5.60. The molecule has 1 atom stereocenters. The highest BCUT2D eigenvalue weighted by Gasteiger charge is 2.17. The van der Waals surface area contributed by atoms with Gasteiger partial charge in [0.1, 0.15) is 0 Å². The Kier molecular flexibility index (Phi) is 7.16. The lowest BCUT2D eigenvalue weighted by Gasteiger charge is -2.25. The van der Waals surface area contributed by atoms with Gasteiger partial charge in [0.2, 0.25) is 5.96 Å². The number of nitrogens with one attached hydrogen (secondary N) is 2. The van der Waals surface area contributed by atoms with Gasteiger partial charge in [0.25, 0.3) is 0 Å². The van der Waals surface area contributed by atoms with Crippen LogP contribution in [0, 0.1) is 5.92 Å². The van der Waals surface area contributed by atoms with Gasteiger partial charge in [0.05, 0.1) is 6.04 Å². The molecule has 1 aliphatic rings. The van der Waals surface area contributed by atoms with Crippen molar-refractivity contribution in [2.45, 2.75) is 58.0 Å². The van der Waals surface area contributed by atoms with E-state index in [2.05, 4.69) is 43.6 Å². The highest BCUT2D eigenvalue weighted by atomic mass is 15.3. The number of guanidine groups is 1. The predicted molar refractivity (Wildman–Crippen MR) is 81.9 cm³/mol. The summed E-state index contributed by atoms with van der Waals surface area (Å²) in [5.74, 6) is 7.01. The van der Waals surface area contributed by atoms with Gasteiger partial charge < -0.3 is 10.2 Å². The molecule has 0 aliphatic heterocycles. The van der Waals surface area contributed by atoms with Crippen molar-refractivity contribution < 1.29 is 0 Å². The molecule has 0 saturated heterocycles. The first-order valence-corrected chi connectivity index (χ1v) is 7.47. The van der Waals surface area contributed by atoms with Crippen molar-refractivity contribution in [3.63, 3.8) is 0 Å².